The molecule has 2 aromatic carbocycles. The van der Waals surface area contributed by atoms with Crippen LogP contribution in [0, 0.1) is 6.92 Å². The van der Waals surface area contributed by atoms with E-state index in [2.05, 4.69) is 34.1 Å². The number of piperidine rings is 1. The fraction of sp³-hybridized carbons (Fsp3) is 0.348. The SMILES string of the molecule is Cc1noc([C@]2(C)CCCN(Cc3ccc(-c4ccccc4C(=O)O)cc3)C2)n1. The third kappa shape index (κ3) is 4.07. The monoisotopic (exact) mass is 391 g/mol. The maximum atomic E-state index is 11.5. The van der Waals surface area contributed by atoms with E-state index in [9.17, 15) is 9.90 Å². The largest absolute Gasteiger partial charge is 0.478 e. The number of rotatable bonds is 5. The minimum absolute atomic E-state index is 0.125. The Morgan fingerprint density at radius 2 is 1.97 bits per heavy atom. The third-order valence-corrected chi connectivity index (χ3v) is 5.65. The number of hydrogen-bond acceptors (Lipinski definition) is 5. The molecule has 4 rings (SSSR count). The first-order valence-corrected chi connectivity index (χ1v) is 9.89. The molecule has 0 spiro atoms. The summed E-state index contributed by atoms with van der Waals surface area (Å²) in [5.41, 5.74) is 3.05. The van der Waals surface area contributed by atoms with Crippen LogP contribution >= 0.6 is 0 Å². The van der Waals surface area contributed by atoms with Gasteiger partial charge in [-0.15, -0.1) is 0 Å². The molecule has 0 saturated carbocycles. The zero-order chi connectivity index (χ0) is 20.4. The lowest BCUT2D eigenvalue weighted by Crippen LogP contribution is -2.44. The zero-order valence-electron chi connectivity index (χ0n) is 16.8. The number of aromatic carboxylic acids is 1. The molecule has 1 fully saturated rings. The van der Waals surface area contributed by atoms with Gasteiger partial charge in [-0.05, 0) is 56.0 Å². The van der Waals surface area contributed by atoms with Crippen molar-refractivity contribution >= 4 is 5.97 Å². The van der Waals surface area contributed by atoms with E-state index in [0.29, 0.717) is 11.4 Å². The summed E-state index contributed by atoms with van der Waals surface area (Å²) in [5.74, 6) is 0.490. The van der Waals surface area contributed by atoms with E-state index in [-0.39, 0.29) is 5.41 Å². The molecule has 6 nitrogen and oxygen atoms in total. The van der Waals surface area contributed by atoms with E-state index in [1.807, 2.05) is 31.2 Å². The lowest BCUT2D eigenvalue weighted by Gasteiger charge is -2.38. The fourth-order valence-electron chi connectivity index (χ4n) is 4.17. The molecule has 0 amide bonds. The number of benzene rings is 2. The summed E-state index contributed by atoms with van der Waals surface area (Å²) < 4.78 is 5.46. The van der Waals surface area contributed by atoms with Gasteiger partial charge in [0, 0.05) is 13.1 Å². The Labute approximate surface area is 170 Å². The van der Waals surface area contributed by atoms with Gasteiger partial charge in [0.1, 0.15) is 0 Å². The van der Waals surface area contributed by atoms with Gasteiger partial charge in [-0.3, -0.25) is 4.90 Å². The Bertz CT molecular complexity index is 1010. The molecular formula is C23H25N3O3. The second kappa shape index (κ2) is 7.79. The highest BCUT2D eigenvalue weighted by molar-refractivity contribution is 5.95. The summed E-state index contributed by atoms with van der Waals surface area (Å²) in [6, 6.07) is 15.3. The van der Waals surface area contributed by atoms with E-state index in [1.54, 1.807) is 12.1 Å². The second-order valence-corrected chi connectivity index (χ2v) is 8.07. The van der Waals surface area contributed by atoms with Crippen molar-refractivity contribution in [2.75, 3.05) is 13.1 Å². The smallest absolute Gasteiger partial charge is 0.336 e. The number of carboxylic acid groups (broad SMARTS) is 1. The van der Waals surface area contributed by atoms with Crippen LogP contribution in [0.15, 0.2) is 53.1 Å². The molecule has 0 bridgehead atoms. The van der Waals surface area contributed by atoms with E-state index < -0.39 is 5.97 Å². The number of likely N-dealkylation sites (tertiary alicyclic amines) is 1. The van der Waals surface area contributed by atoms with Crippen LogP contribution in [-0.4, -0.2) is 39.2 Å². The molecule has 0 radical (unpaired) electrons. The van der Waals surface area contributed by atoms with Gasteiger partial charge >= 0.3 is 5.97 Å². The molecule has 2 heterocycles. The Hall–Kier alpha value is -2.99. The number of aromatic nitrogens is 2. The van der Waals surface area contributed by atoms with Crippen molar-refractivity contribution in [3.63, 3.8) is 0 Å². The van der Waals surface area contributed by atoms with Crippen molar-refractivity contribution in [3.8, 4) is 11.1 Å². The predicted molar refractivity (Wildman–Crippen MR) is 110 cm³/mol. The van der Waals surface area contributed by atoms with Gasteiger partial charge in [0.15, 0.2) is 5.82 Å². The number of hydrogen-bond donors (Lipinski definition) is 1. The molecular weight excluding hydrogens is 366 g/mol. The third-order valence-electron chi connectivity index (χ3n) is 5.65. The molecule has 6 heteroatoms. The Balaban J connectivity index is 1.49. The molecule has 0 unspecified atom stereocenters. The minimum Gasteiger partial charge on any atom is -0.478 e. The van der Waals surface area contributed by atoms with Crippen molar-refractivity contribution < 1.29 is 14.4 Å². The summed E-state index contributed by atoms with van der Waals surface area (Å²) >= 11 is 0. The fourth-order valence-corrected chi connectivity index (χ4v) is 4.17. The van der Waals surface area contributed by atoms with Crippen LogP contribution in [0.5, 0.6) is 0 Å². The summed E-state index contributed by atoms with van der Waals surface area (Å²) in [4.78, 5) is 18.4. The van der Waals surface area contributed by atoms with E-state index in [4.69, 9.17) is 4.52 Å². The number of carboxylic acids is 1. The van der Waals surface area contributed by atoms with Crippen LogP contribution < -0.4 is 0 Å². The first kappa shape index (κ1) is 19.3. The van der Waals surface area contributed by atoms with Crippen molar-refractivity contribution in [2.45, 2.75) is 38.6 Å². The Morgan fingerprint density at radius 3 is 2.66 bits per heavy atom. The second-order valence-electron chi connectivity index (χ2n) is 8.07. The van der Waals surface area contributed by atoms with Gasteiger partial charge in [0.05, 0.1) is 11.0 Å². The van der Waals surface area contributed by atoms with Gasteiger partial charge in [-0.2, -0.15) is 4.98 Å². The Morgan fingerprint density at radius 1 is 1.21 bits per heavy atom. The molecule has 150 valence electrons. The summed E-state index contributed by atoms with van der Waals surface area (Å²) in [7, 11) is 0. The van der Waals surface area contributed by atoms with Crippen LogP contribution in [0.25, 0.3) is 11.1 Å². The van der Waals surface area contributed by atoms with E-state index in [1.165, 1.54) is 5.56 Å². The quantitative estimate of drug-likeness (QED) is 0.699. The van der Waals surface area contributed by atoms with Gasteiger partial charge in [0.25, 0.3) is 0 Å². The average Bonchev–Trinajstić information content (AvgIpc) is 3.16. The first-order valence-electron chi connectivity index (χ1n) is 9.89. The van der Waals surface area contributed by atoms with Crippen LogP contribution in [-0.2, 0) is 12.0 Å². The van der Waals surface area contributed by atoms with Gasteiger partial charge in [-0.25, -0.2) is 4.79 Å². The highest BCUT2D eigenvalue weighted by atomic mass is 16.5. The van der Waals surface area contributed by atoms with Crippen molar-refractivity contribution in [1.29, 1.82) is 0 Å². The van der Waals surface area contributed by atoms with Crippen molar-refractivity contribution in [3.05, 3.63) is 71.4 Å². The summed E-state index contributed by atoms with van der Waals surface area (Å²) in [6.07, 6.45) is 2.12. The molecule has 1 aliphatic rings. The molecule has 1 N–H and O–H groups in total. The normalized spacial score (nSPS) is 19.9. The molecule has 1 aromatic heterocycles. The molecule has 29 heavy (non-hydrogen) atoms. The maximum absolute atomic E-state index is 11.5. The Kier molecular flexibility index (Phi) is 5.20. The average molecular weight is 391 g/mol. The van der Waals surface area contributed by atoms with Crippen LogP contribution in [0.2, 0.25) is 0 Å². The van der Waals surface area contributed by atoms with E-state index in [0.717, 1.165) is 49.5 Å². The molecule has 1 aliphatic heterocycles. The van der Waals surface area contributed by atoms with Crippen LogP contribution in [0.4, 0.5) is 0 Å². The molecule has 1 atom stereocenters. The van der Waals surface area contributed by atoms with Crippen LogP contribution in [0.3, 0.4) is 0 Å². The van der Waals surface area contributed by atoms with Gasteiger partial charge in [-0.1, -0.05) is 47.6 Å². The highest BCUT2D eigenvalue weighted by Gasteiger charge is 2.37. The predicted octanol–water partition coefficient (Wildman–Crippen LogP) is 4.30. The standard InChI is InChI=1S/C23H25N3O3/c1-16-24-22(29-25-16)23(2)12-5-13-26(15-23)14-17-8-10-18(11-9-17)19-6-3-4-7-20(19)21(27)28/h3-4,6-11H,5,12-15H2,1-2H3,(H,27,28)/t23-/m1/s1. The van der Waals surface area contributed by atoms with Crippen LogP contribution in [0.1, 0.15) is 47.4 Å². The zero-order valence-corrected chi connectivity index (χ0v) is 16.8. The number of carbonyl (C=O) groups is 1. The molecule has 3 aromatic rings. The lowest BCUT2D eigenvalue weighted by molar-refractivity contribution is 0.0697. The highest BCUT2D eigenvalue weighted by Crippen LogP contribution is 2.33. The number of nitrogens with zero attached hydrogens (tertiary/aromatic N) is 3. The molecule has 0 aliphatic carbocycles. The topological polar surface area (TPSA) is 79.5 Å². The first-order chi connectivity index (χ1) is 13.9. The van der Waals surface area contributed by atoms with Crippen molar-refractivity contribution in [1.82, 2.24) is 15.0 Å². The minimum atomic E-state index is -0.909. The lowest BCUT2D eigenvalue weighted by atomic mass is 9.81. The molecule has 1 saturated heterocycles. The van der Waals surface area contributed by atoms with Crippen molar-refractivity contribution in [2.24, 2.45) is 0 Å². The van der Waals surface area contributed by atoms with Gasteiger partial charge < -0.3 is 9.63 Å². The summed E-state index contributed by atoms with van der Waals surface area (Å²) in [5, 5.41) is 13.4. The maximum Gasteiger partial charge on any atom is 0.336 e. The number of aryl methyl sites for hydroxylation is 1. The summed E-state index contributed by atoms with van der Waals surface area (Å²) in [6.45, 7) is 6.78. The van der Waals surface area contributed by atoms with Gasteiger partial charge in [0.2, 0.25) is 5.89 Å². The van der Waals surface area contributed by atoms with E-state index >= 15 is 0 Å².